The Hall–Kier alpha value is -4.30. The fraction of sp³-hybridized carbons (Fsp3) is 0.0769. The molecule has 3 aromatic heterocycles. The van der Waals surface area contributed by atoms with Gasteiger partial charge in [0.25, 0.3) is 5.56 Å². The summed E-state index contributed by atoms with van der Waals surface area (Å²) in [6, 6.07) is 23.4. The van der Waals surface area contributed by atoms with Crippen molar-refractivity contribution in [2.24, 2.45) is 0 Å². The highest BCUT2D eigenvalue weighted by molar-refractivity contribution is 7.15. The van der Waals surface area contributed by atoms with Crippen molar-refractivity contribution >= 4 is 33.3 Å². The quantitative estimate of drug-likeness (QED) is 0.375. The van der Waals surface area contributed by atoms with E-state index in [0.29, 0.717) is 21.1 Å². The molecule has 6 aromatic rings. The second-order valence-corrected chi connectivity index (χ2v) is 8.90. The summed E-state index contributed by atoms with van der Waals surface area (Å²) in [7, 11) is 0. The lowest BCUT2D eigenvalue weighted by Gasteiger charge is -2.03. The lowest BCUT2D eigenvalue weighted by molar-refractivity contribution is 0.296. The predicted octanol–water partition coefficient (Wildman–Crippen LogP) is 4.39. The topological polar surface area (TPSA) is 82.5 Å². The van der Waals surface area contributed by atoms with E-state index in [1.165, 1.54) is 15.9 Å². The third kappa shape index (κ3) is 3.74. The highest BCUT2D eigenvalue weighted by Gasteiger charge is 2.13. The minimum atomic E-state index is -0.206. The molecule has 0 amide bonds. The van der Waals surface area contributed by atoms with Crippen molar-refractivity contribution < 1.29 is 9.26 Å². The van der Waals surface area contributed by atoms with Gasteiger partial charge in [0.1, 0.15) is 17.9 Å². The van der Waals surface area contributed by atoms with E-state index in [-0.39, 0.29) is 12.2 Å². The monoisotopic (exact) mass is 466 g/mol. The number of hydrogen-bond donors (Lipinski definition) is 0. The molecule has 3 aromatic carbocycles. The molecule has 0 saturated heterocycles. The van der Waals surface area contributed by atoms with Crippen LogP contribution in [0.4, 0.5) is 0 Å². The lowest BCUT2D eigenvalue weighted by Crippen LogP contribution is -2.23. The first-order chi connectivity index (χ1) is 16.6. The van der Waals surface area contributed by atoms with Crippen LogP contribution in [-0.4, -0.2) is 19.8 Å². The largest absolute Gasteiger partial charge is 0.486 e. The van der Waals surface area contributed by atoms with E-state index in [9.17, 15) is 4.79 Å². The molecule has 7 nitrogen and oxygen atoms in total. The predicted molar refractivity (Wildman–Crippen MR) is 131 cm³/mol. The van der Waals surface area contributed by atoms with Gasteiger partial charge in [-0.3, -0.25) is 4.79 Å². The summed E-state index contributed by atoms with van der Waals surface area (Å²) >= 11 is 1.30. The number of fused-ring (bicyclic) bond motifs is 2. The number of ether oxygens (including phenoxy) is 1. The fourth-order valence-corrected chi connectivity index (χ4v) is 4.64. The number of hydrogen-bond acceptors (Lipinski definition) is 7. The zero-order valence-electron chi connectivity index (χ0n) is 18.1. The molecule has 0 spiro atoms. The van der Waals surface area contributed by atoms with Crippen LogP contribution in [0, 0.1) is 6.92 Å². The Morgan fingerprint density at radius 2 is 1.88 bits per heavy atom. The van der Waals surface area contributed by atoms with E-state index in [2.05, 4.69) is 15.2 Å². The van der Waals surface area contributed by atoms with E-state index >= 15 is 0 Å². The number of nitrogens with zero attached hydrogens (tertiary/aromatic N) is 4. The van der Waals surface area contributed by atoms with Gasteiger partial charge < -0.3 is 9.26 Å². The molecule has 0 N–H and O–H groups in total. The van der Waals surface area contributed by atoms with Crippen LogP contribution in [0.1, 0.15) is 17.0 Å². The van der Waals surface area contributed by atoms with Gasteiger partial charge in [0.05, 0.1) is 9.92 Å². The normalized spacial score (nSPS) is 12.1. The number of aromatic nitrogens is 4. The maximum absolute atomic E-state index is 12.9. The van der Waals surface area contributed by atoms with Gasteiger partial charge in [-0.25, -0.2) is 0 Å². The summed E-state index contributed by atoms with van der Waals surface area (Å²) in [6.07, 6.45) is 1.84. The Morgan fingerprint density at radius 3 is 2.68 bits per heavy atom. The highest BCUT2D eigenvalue weighted by atomic mass is 32.1. The number of benzene rings is 3. The van der Waals surface area contributed by atoms with Gasteiger partial charge >= 0.3 is 0 Å². The number of aryl methyl sites for hydroxylation is 1. The van der Waals surface area contributed by atoms with Crippen molar-refractivity contribution in [3.63, 3.8) is 0 Å². The van der Waals surface area contributed by atoms with Crippen molar-refractivity contribution in [2.45, 2.75) is 13.5 Å². The first kappa shape index (κ1) is 20.3. The average Bonchev–Trinajstić information content (AvgIpc) is 3.54. The van der Waals surface area contributed by atoms with E-state index < -0.39 is 0 Å². The van der Waals surface area contributed by atoms with Crippen molar-refractivity contribution in [3.05, 3.63) is 105 Å². The minimum absolute atomic E-state index is 0.197. The van der Waals surface area contributed by atoms with Gasteiger partial charge in [-0.05, 0) is 42.8 Å². The van der Waals surface area contributed by atoms with Crippen LogP contribution >= 0.6 is 11.3 Å². The first-order valence-corrected chi connectivity index (χ1v) is 11.5. The molecule has 0 saturated carbocycles. The maximum Gasteiger partial charge on any atom is 0.291 e. The van der Waals surface area contributed by atoms with Gasteiger partial charge in [-0.1, -0.05) is 70.6 Å². The third-order valence-electron chi connectivity index (χ3n) is 5.45. The summed E-state index contributed by atoms with van der Waals surface area (Å²) in [5.41, 5.74) is 3.54. The molecular weight excluding hydrogens is 448 g/mol. The van der Waals surface area contributed by atoms with Crippen LogP contribution in [0.15, 0.2) is 82.1 Å². The highest BCUT2D eigenvalue weighted by Crippen LogP contribution is 2.29. The van der Waals surface area contributed by atoms with Gasteiger partial charge in [0, 0.05) is 5.56 Å². The van der Waals surface area contributed by atoms with Crippen molar-refractivity contribution in [2.75, 3.05) is 0 Å². The lowest BCUT2D eigenvalue weighted by atomic mass is 10.1. The zero-order chi connectivity index (χ0) is 23.1. The summed E-state index contributed by atoms with van der Waals surface area (Å²) in [4.78, 5) is 17.9. The molecule has 0 unspecified atom stereocenters. The molecule has 0 aliphatic heterocycles. The van der Waals surface area contributed by atoms with Gasteiger partial charge in [-0.15, -0.1) is 5.10 Å². The van der Waals surface area contributed by atoms with Crippen molar-refractivity contribution in [3.8, 4) is 17.1 Å². The molecule has 3 heterocycles. The molecule has 0 bridgehead atoms. The summed E-state index contributed by atoms with van der Waals surface area (Å²) in [5, 5.41) is 9.38. The number of rotatable bonds is 5. The molecule has 0 fully saturated rings. The Morgan fingerprint density at radius 1 is 1.06 bits per heavy atom. The summed E-state index contributed by atoms with van der Waals surface area (Å²) < 4.78 is 13.2. The fourth-order valence-electron chi connectivity index (χ4n) is 3.72. The van der Waals surface area contributed by atoms with Crippen molar-refractivity contribution in [1.82, 2.24) is 19.8 Å². The second kappa shape index (κ2) is 8.24. The smallest absolute Gasteiger partial charge is 0.291 e. The van der Waals surface area contributed by atoms with Gasteiger partial charge in [0.15, 0.2) is 11.6 Å². The Kier molecular flexibility index (Phi) is 4.92. The van der Waals surface area contributed by atoms with Crippen LogP contribution in [-0.2, 0) is 6.61 Å². The molecular formula is C26H18N4O3S. The van der Waals surface area contributed by atoms with E-state index in [1.807, 2.05) is 85.8 Å². The van der Waals surface area contributed by atoms with Crippen LogP contribution in [0.5, 0.6) is 5.75 Å². The minimum Gasteiger partial charge on any atom is -0.486 e. The van der Waals surface area contributed by atoms with Gasteiger partial charge in [-0.2, -0.15) is 9.50 Å². The first-order valence-electron chi connectivity index (χ1n) is 10.7. The molecule has 6 rings (SSSR count). The standard InChI is InChI=1S/C26H18N4O3S/c1-16-7-10-19(11-8-16)32-15-23-27-26-30(28-23)25(31)22(34-26)14-17-9-12-21-20(13-17)24(33-29-21)18-5-3-2-4-6-18/h2-14H,15H2,1H3/b22-14-. The maximum atomic E-state index is 12.9. The summed E-state index contributed by atoms with van der Waals surface area (Å²) in [5.74, 6) is 1.90. The van der Waals surface area contributed by atoms with E-state index in [0.717, 1.165) is 33.3 Å². The molecule has 8 heteroatoms. The van der Waals surface area contributed by atoms with Crippen LogP contribution in [0.2, 0.25) is 0 Å². The van der Waals surface area contributed by atoms with Crippen LogP contribution in [0.25, 0.3) is 33.3 Å². The molecule has 0 atom stereocenters. The average molecular weight is 467 g/mol. The zero-order valence-corrected chi connectivity index (χ0v) is 19.0. The number of thiazole rings is 1. The van der Waals surface area contributed by atoms with Gasteiger partial charge in [0.2, 0.25) is 4.96 Å². The molecule has 0 radical (unpaired) electrons. The Labute approximate surface area is 197 Å². The molecule has 0 aliphatic carbocycles. The summed E-state index contributed by atoms with van der Waals surface area (Å²) in [6.45, 7) is 2.22. The third-order valence-corrected chi connectivity index (χ3v) is 6.41. The molecule has 166 valence electrons. The molecule has 34 heavy (non-hydrogen) atoms. The van der Waals surface area contributed by atoms with Crippen LogP contribution < -0.4 is 14.8 Å². The Balaban J connectivity index is 1.31. The van der Waals surface area contributed by atoms with Crippen molar-refractivity contribution in [1.29, 1.82) is 0 Å². The SMILES string of the molecule is Cc1ccc(OCc2nc3s/c(=C\c4ccc5noc(-c6ccccc6)c5c4)c(=O)n3n2)cc1. The second-order valence-electron chi connectivity index (χ2n) is 7.89. The van der Waals surface area contributed by atoms with E-state index in [4.69, 9.17) is 9.26 Å². The van der Waals surface area contributed by atoms with Crippen LogP contribution in [0.3, 0.4) is 0 Å². The van der Waals surface area contributed by atoms with E-state index in [1.54, 1.807) is 0 Å². The molecule has 0 aliphatic rings. The Bertz CT molecular complexity index is 1730.